The van der Waals surface area contributed by atoms with Gasteiger partial charge >= 0.3 is 6.18 Å². The summed E-state index contributed by atoms with van der Waals surface area (Å²) in [5.41, 5.74) is 0. The number of hydrogen-bond donors (Lipinski definition) is 1. The summed E-state index contributed by atoms with van der Waals surface area (Å²) in [6.07, 6.45) is 2.44. The maximum absolute atomic E-state index is 12.2. The first-order valence-corrected chi connectivity index (χ1v) is 8.01. The fraction of sp³-hybridized carbons (Fsp3) is 1.00. The van der Waals surface area contributed by atoms with Crippen LogP contribution in [-0.4, -0.2) is 42.3 Å². The first-order valence-electron chi connectivity index (χ1n) is 8.01. The van der Waals surface area contributed by atoms with Crippen LogP contribution in [0.3, 0.4) is 0 Å². The van der Waals surface area contributed by atoms with Gasteiger partial charge in [0.15, 0.2) is 0 Å². The summed E-state index contributed by atoms with van der Waals surface area (Å²) in [6, 6.07) is 1.43. The van der Waals surface area contributed by atoms with Gasteiger partial charge in [0.1, 0.15) is 0 Å². The van der Waals surface area contributed by atoms with Crippen LogP contribution in [-0.2, 0) is 0 Å². The standard InChI is InChI=1S/C15H27F3N2/c1-12(5-4-9-15(16,17)18)20(14-7-8-14)11-13-6-2-3-10-19-13/h12-14,19H,2-11H2,1H3. The Labute approximate surface area is 120 Å². The zero-order chi connectivity index (χ0) is 14.6. The van der Waals surface area contributed by atoms with E-state index in [-0.39, 0.29) is 12.5 Å². The van der Waals surface area contributed by atoms with Gasteiger partial charge in [-0.3, -0.25) is 4.90 Å². The van der Waals surface area contributed by atoms with Crippen LogP contribution in [0.5, 0.6) is 0 Å². The Balaban J connectivity index is 1.75. The summed E-state index contributed by atoms with van der Waals surface area (Å²) < 4.78 is 36.7. The van der Waals surface area contributed by atoms with Crippen molar-refractivity contribution in [2.24, 2.45) is 0 Å². The molecule has 0 aromatic carbocycles. The van der Waals surface area contributed by atoms with E-state index < -0.39 is 12.6 Å². The van der Waals surface area contributed by atoms with Gasteiger partial charge in [0.25, 0.3) is 0 Å². The second-order valence-corrected chi connectivity index (χ2v) is 6.43. The normalized spacial score (nSPS) is 25.9. The molecule has 1 saturated heterocycles. The molecule has 1 aliphatic carbocycles. The molecule has 0 radical (unpaired) electrons. The van der Waals surface area contributed by atoms with E-state index in [1.54, 1.807) is 0 Å². The second kappa shape index (κ2) is 7.12. The molecule has 1 N–H and O–H groups in total. The average molecular weight is 292 g/mol. The summed E-state index contributed by atoms with van der Waals surface area (Å²) in [4.78, 5) is 2.46. The molecule has 1 heterocycles. The molecule has 1 aliphatic heterocycles. The number of hydrogen-bond acceptors (Lipinski definition) is 2. The van der Waals surface area contributed by atoms with Gasteiger partial charge in [0, 0.05) is 31.1 Å². The maximum atomic E-state index is 12.2. The number of rotatable bonds is 7. The van der Waals surface area contributed by atoms with Gasteiger partial charge in [-0.1, -0.05) is 6.42 Å². The molecule has 0 amide bonds. The molecule has 2 aliphatic rings. The largest absolute Gasteiger partial charge is 0.389 e. The highest BCUT2D eigenvalue weighted by atomic mass is 19.4. The minimum atomic E-state index is -4.00. The lowest BCUT2D eigenvalue weighted by molar-refractivity contribution is -0.136. The van der Waals surface area contributed by atoms with Crippen LogP contribution in [0.2, 0.25) is 0 Å². The molecule has 2 atom stereocenters. The van der Waals surface area contributed by atoms with E-state index >= 15 is 0 Å². The van der Waals surface area contributed by atoms with Gasteiger partial charge in [-0.15, -0.1) is 0 Å². The monoisotopic (exact) mass is 292 g/mol. The fourth-order valence-electron chi connectivity index (χ4n) is 3.19. The van der Waals surface area contributed by atoms with Crippen LogP contribution < -0.4 is 5.32 Å². The lowest BCUT2D eigenvalue weighted by Gasteiger charge is -2.34. The molecule has 2 rings (SSSR count). The van der Waals surface area contributed by atoms with Crippen molar-refractivity contribution in [3.8, 4) is 0 Å². The van der Waals surface area contributed by atoms with E-state index in [0.29, 0.717) is 18.5 Å². The number of piperidine rings is 1. The van der Waals surface area contributed by atoms with Gasteiger partial charge in [-0.25, -0.2) is 0 Å². The molecule has 0 aromatic rings. The SMILES string of the molecule is CC(CCCC(F)(F)F)N(CC1CCCCN1)C1CC1. The van der Waals surface area contributed by atoms with Crippen LogP contribution in [0.1, 0.15) is 58.3 Å². The number of halogens is 3. The minimum absolute atomic E-state index is 0.256. The van der Waals surface area contributed by atoms with Crippen molar-refractivity contribution in [2.75, 3.05) is 13.1 Å². The van der Waals surface area contributed by atoms with Crippen LogP contribution in [0.15, 0.2) is 0 Å². The molecule has 2 fully saturated rings. The van der Waals surface area contributed by atoms with Crippen molar-refractivity contribution in [1.82, 2.24) is 10.2 Å². The first kappa shape index (κ1) is 16.1. The predicted molar refractivity (Wildman–Crippen MR) is 74.7 cm³/mol. The molecular weight excluding hydrogens is 265 g/mol. The van der Waals surface area contributed by atoms with E-state index in [1.165, 1.54) is 32.1 Å². The van der Waals surface area contributed by atoms with Crippen LogP contribution in [0, 0.1) is 0 Å². The first-order chi connectivity index (χ1) is 9.46. The highest BCUT2D eigenvalue weighted by Crippen LogP contribution is 2.31. The maximum Gasteiger partial charge on any atom is 0.389 e. The molecular formula is C15H27F3N2. The van der Waals surface area contributed by atoms with E-state index in [9.17, 15) is 13.2 Å². The molecule has 0 aromatic heterocycles. The number of alkyl halides is 3. The van der Waals surface area contributed by atoms with E-state index in [4.69, 9.17) is 0 Å². The highest BCUT2D eigenvalue weighted by Gasteiger charge is 2.34. The van der Waals surface area contributed by atoms with Crippen molar-refractivity contribution < 1.29 is 13.2 Å². The second-order valence-electron chi connectivity index (χ2n) is 6.43. The summed E-state index contributed by atoms with van der Waals surface area (Å²) in [7, 11) is 0. The number of nitrogens with zero attached hydrogens (tertiary/aromatic N) is 1. The molecule has 0 spiro atoms. The van der Waals surface area contributed by atoms with E-state index in [1.807, 2.05) is 0 Å². The summed E-state index contributed by atoms with van der Waals surface area (Å²) in [5.74, 6) is 0. The smallest absolute Gasteiger partial charge is 0.313 e. The van der Waals surface area contributed by atoms with Gasteiger partial charge < -0.3 is 5.32 Å². The lowest BCUT2D eigenvalue weighted by atomic mass is 10.0. The third-order valence-electron chi connectivity index (χ3n) is 4.51. The highest BCUT2D eigenvalue weighted by molar-refractivity contribution is 4.90. The number of nitrogens with one attached hydrogen (secondary N) is 1. The van der Waals surface area contributed by atoms with Crippen molar-refractivity contribution in [2.45, 2.75) is 82.6 Å². The molecule has 5 heteroatoms. The fourth-order valence-corrected chi connectivity index (χ4v) is 3.19. The Kier molecular flexibility index (Phi) is 5.73. The van der Waals surface area contributed by atoms with Gasteiger partial charge in [-0.2, -0.15) is 13.2 Å². The lowest BCUT2D eigenvalue weighted by Crippen LogP contribution is -2.47. The van der Waals surface area contributed by atoms with Crippen molar-refractivity contribution in [3.63, 3.8) is 0 Å². The third-order valence-corrected chi connectivity index (χ3v) is 4.51. The van der Waals surface area contributed by atoms with Crippen LogP contribution in [0.25, 0.3) is 0 Å². The Morgan fingerprint density at radius 3 is 2.50 bits per heavy atom. The quantitative estimate of drug-likeness (QED) is 0.769. The molecule has 2 unspecified atom stereocenters. The van der Waals surface area contributed by atoms with Gasteiger partial charge in [0.2, 0.25) is 0 Å². The zero-order valence-corrected chi connectivity index (χ0v) is 12.4. The van der Waals surface area contributed by atoms with Crippen molar-refractivity contribution in [3.05, 3.63) is 0 Å². The van der Waals surface area contributed by atoms with Gasteiger partial charge in [-0.05, 0) is 52.0 Å². The molecule has 2 nitrogen and oxygen atoms in total. The Hall–Kier alpha value is -0.290. The minimum Gasteiger partial charge on any atom is -0.313 e. The third kappa shape index (κ3) is 5.60. The summed E-state index contributed by atoms with van der Waals surface area (Å²) >= 11 is 0. The molecule has 1 saturated carbocycles. The Morgan fingerprint density at radius 2 is 1.95 bits per heavy atom. The van der Waals surface area contributed by atoms with Crippen molar-refractivity contribution in [1.29, 1.82) is 0 Å². The zero-order valence-electron chi connectivity index (χ0n) is 12.4. The van der Waals surface area contributed by atoms with Crippen LogP contribution >= 0.6 is 0 Å². The van der Waals surface area contributed by atoms with E-state index in [0.717, 1.165) is 13.1 Å². The summed E-state index contributed by atoms with van der Waals surface area (Å²) in [6.45, 7) is 4.20. The van der Waals surface area contributed by atoms with E-state index in [2.05, 4.69) is 17.1 Å². The molecule has 0 bridgehead atoms. The topological polar surface area (TPSA) is 15.3 Å². The van der Waals surface area contributed by atoms with Crippen molar-refractivity contribution >= 4 is 0 Å². The summed E-state index contributed by atoms with van der Waals surface area (Å²) in [5, 5.41) is 3.55. The Bertz CT molecular complexity index is 283. The Morgan fingerprint density at radius 1 is 1.20 bits per heavy atom. The van der Waals surface area contributed by atoms with Crippen LogP contribution in [0.4, 0.5) is 13.2 Å². The predicted octanol–water partition coefficient (Wildman–Crippen LogP) is 3.71. The molecule has 20 heavy (non-hydrogen) atoms. The molecule has 118 valence electrons. The van der Waals surface area contributed by atoms with Gasteiger partial charge in [0.05, 0.1) is 0 Å². The average Bonchev–Trinajstić information content (AvgIpc) is 3.19.